The number of piperidine rings is 1. The van der Waals surface area contributed by atoms with Gasteiger partial charge in [-0.3, -0.25) is 4.90 Å². The molecule has 3 rings (SSSR count). The molecule has 2 aromatic carbocycles. The molecule has 0 aliphatic carbocycles. The van der Waals surface area contributed by atoms with Crippen LogP contribution < -0.4 is 9.47 Å². The average Bonchev–Trinajstić information content (AvgIpc) is 2.66. The number of likely N-dealkylation sites (tertiary alicyclic amines) is 1. The second-order valence-electron chi connectivity index (χ2n) is 7.11. The summed E-state index contributed by atoms with van der Waals surface area (Å²) in [6, 6.07) is 9.29. The quantitative estimate of drug-likeness (QED) is 0.733. The van der Waals surface area contributed by atoms with Gasteiger partial charge < -0.3 is 19.7 Å². The smallest absolute Gasteiger partial charge is 0.348 e. The Labute approximate surface area is 175 Å². The number of ether oxygens (including phenoxy) is 2. The minimum atomic E-state index is -1.46. The van der Waals surface area contributed by atoms with Crippen LogP contribution in [0.3, 0.4) is 0 Å². The van der Waals surface area contributed by atoms with E-state index >= 15 is 0 Å². The first kappa shape index (κ1) is 22.8. The molecule has 2 N–H and O–H groups in total. The topological polar surface area (TPSA) is 79.2 Å². The number of carbonyl (C=O) groups is 1. The van der Waals surface area contributed by atoms with Crippen LogP contribution in [-0.2, 0) is 11.3 Å². The summed E-state index contributed by atoms with van der Waals surface area (Å²) in [5.41, 5.74) is 0.148. The third-order valence-corrected chi connectivity index (χ3v) is 5.10. The normalized spacial score (nSPS) is 16.0. The van der Waals surface area contributed by atoms with Gasteiger partial charge in [-0.25, -0.2) is 9.18 Å². The molecule has 0 saturated carbocycles. The molecule has 158 valence electrons. The third-order valence-electron chi connectivity index (χ3n) is 5.10. The molecule has 8 heteroatoms. The standard InChI is InChI=1S/C21H24FNO5.ClH/c1-14-3-5-17(22)19(11-14)28-21(20(25)26)7-9-23(10-8-21)13-15-12-16(24)4-6-18(15)27-2;/h3-6,11-12,24H,7-10,13H2,1-2H3,(H,25,26);1H. The summed E-state index contributed by atoms with van der Waals surface area (Å²) in [5.74, 6) is -0.899. The van der Waals surface area contributed by atoms with Crippen molar-refractivity contribution in [1.82, 2.24) is 4.90 Å². The van der Waals surface area contributed by atoms with E-state index in [-0.39, 0.29) is 36.7 Å². The number of carboxylic acid groups (broad SMARTS) is 1. The van der Waals surface area contributed by atoms with Gasteiger partial charge in [-0.1, -0.05) is 6.07 Å². The average molecular weight is 426 g/mol. The SMILES string of the molecule is COc1ccc(O)cc1CN1CCC(Oc2cc(C)ccc2F)(C(=O)O)CC1.Cl. The van der Waals surface area contributed by atoms with E-state index in [4.69, 9.17) is 9.47 Å². The Hall–Kier alpha value is -2.51. The number of phenols is 1. The molecule has 0 bridgehead atoms. The van der Waals surface area contributed by atoms with Crippen molar-refractivity contribution in [2.75, 3.05) is 20.2 Å². The fourth-order valence-corrected chi connectivity index (χ4v) is 3.46. The number of nitrogens with zero attached hydrogens (tertiary/aromatic N) is 1. The van der Waals surface area contributed by atoms with E-state index in [0.29, 0.717) is 25.4 Å². The van der Waals surface area contributed by atoms with Crippen molar-refractivity contribution in [2.45, 2.75) is 31.9 Å². The lowest BCUT2D eigenvalue weighted by Gasteiger charge is -2.39. The van der Waals surface area contributed by atoms with Gasteiger partial charge in [0.15, 0.2) is 11.6 Å². The van der Waals surface area contributed by atoms with Crippen LogP contribution in [0.1, 0.15) is 24.0 Å². The highest BCUT2D eigenvalue weighted by atomic mass is 35.5. The molecule has 29 heavy (non-hydrogen) atoms. The zero-order valence-corrected chi connectivity index (χ0v) is 17.2. The number of halogens is 2. The zero-order chi connectivity index (χ0) is 20.3. The molecule has 6 nitrogen and oxygen atoms in total. The van der Waals surface area contributed by atoms with Crippen LogP contribution in [0.5, 0.6) is 17.2 Å². The molecular weight excluding hydrogens is 401 g/mol. The summed E-state index contributed by atoms with van der Waals surface area (Å²) in [7, 11) is 1.56. The van der Waals surface area contributed by atoms with E-state index in [0.717, 1.165) is 11.1 Å². The Balaban J connectivity index is 0.00000300. The number of hydrogen-bond acceptors (Lipinski definition) is 5. The molecule has 1 fully saturated rings. The first-order chi connectivity index (χ1) is 13.3. The summed E-state index contributed by atoms with van der Waals surface area (Å²) in [5, 5.41) is 19.5. The van der Waals surface area contributed by atoms with Crippen molar-refractivity contribution in [3.8, 4) is 17.2 Å². The first-order valence-corrected chi connectivity index (χ1v) is 9.10. The Morgan fingerprint density at radius 3 is 2.48 bits per heavy atom. The van der Waals surface area contributed by atoms with Crippen molar-refractivity contribution < 1.29 is 28.9 Å². The van der Waals surface area contributed by atoms with E-state index in [9.17, 15) is 19.4 Å². The van der Waals surface area contributed by atoms with Gasteiger partial charge in [-0.15, -0.1) is 12.4 Å². The maximum absolute atomic E-state index is 14.1. The fourth-order valence-electron chi connectivity index (χ4n) is 3.46. The van der Waals surface area contributed by atoms with Crippen LogP contribution in [-0.4, -0.2) is 46.9 Å². The van der Waals surface area contributed by atoms with E-state index in [1.54, 1.807) is 38.3 Å². The highest BCUT2D eigenvalue weighted by molar-refractivity contribution is 5.85. The highest BCUT2D eigenvalue weighted by Crippen LogP contribution is 2.33. The van der Waals surface area contributed by atoms with Gasteiger partial charge in [0.25, 0.3) is 0 Å². The molecule has 1 aliphatic heterocycles. The number of rotatable bonds is 6. The number of carboxylic acids is 1. The monoisotopic (exact) mass is 425 g/mol. The molecule has 0 atom stereocenters. The number of aromatic hydroxyl groups is 1. The summed E-state index contributed by atoms with van der Waals surface area (Å²) in [6.07, 6.45) is 0.438. The van der Waals surface area contributed by atoms with Crippen molar-refractivity contribution in [3.63, 3.8) is 0 Å². The minimum Gasteiger partial charge on any atom is -0.508 e. The Kier molecular flexibility index (Phi) is 7.32. The number of phenolic OH excluding ortho intramolecular Hbond substituents is 1. The molecule has 0 spiro atoms. The fraction of sp³-hybridized carbons (Fsp3) is 0.381. The number of aryl methyl sites for hydroxylation is 1. The van der Waals surface area contributed by atoms with Crippen molar-refractivity contribution >= 4 is 18.4 Å². The van der Waals surface area contributed by atoms with Gasteiger partial charge in [0.1, 0.15) is 11.5 Å². The van der Waals surface area contributed by atoms with Gasteiger partial charge in [0.2, 0.25) is 5.60 Å². The number of benzene rings is 2. The van der Waals surface area contributed by atoms with E-state index in [2.05, 4.69) is 4.90 Å². The van der Waals surface area contributed by atoms with Gasteiger partial charge in [0, 0.05) is 38.0 Å². The Morgan fingerprint density at radius 1 is 1.17 bits per heavy atom. The molecule has 0 radical (unpaired) electrons. The summed E-state index contributed by atoms with van der Waals surface area (Å²) >= 11 is 0. The minimum absolute atomic E-state index is 0. The maximum Gasteiger partial charge on any atom is 0.348 e. The second-order valence-corrected chi connectivity index (χ2v) is 7.11. The van der Waals surface area contributed by atoms with Gasteiger partial charge in [0.05, 0.1) is 7.11 Å². The Bertz CT molecular complexity index is 868. The van der Waals surface area contributed by atoms with Crippen LogP contribution >= 0.6 is 12.4 Å². The molecule has 1 aliphatic rings. The third kappa shape index (κ3) is 5.10. The first-order valence-electron chi connectivity index (χ1n) is 9.10. The van der Waals surface area contributed by atoms with Crippen molar-refractivity contribution in [2.24, 2.45) is 0 Å². The maximum atomic E-state index is 14.1. The van der Waals surface area contributed by atoms with Gasteiger partial charge >= 0.3 is 5.97 Å². The van der Waals surface area contributed by atoms with Crippen LogP contribution in [0, 0.1) is 12.7 Å². The predicted octanol–water partition coefficient (Wildman–Crippen LogP) is 3.77. The lowest BCUT2D eigenvalue weighted by molar-refractivity contribution is -0.160. The summed E-state index contributed by atoms with van der Waals surface area (Å²) in [6.45, 7) is 3.22. The summed E-state index contributed by atoms with van der Waals surface area (Å²) < 4.78 is 25.1. The summed E-state index contributed by atoms with van der Waals surface area (Å²) in [4.78, 5) is 14.0. The van der Waals surface area contributed by atoms with Crippen LogP contribution in [0.25, 0.3) is 0 Å². The highest BCUT2D eigenvalue weighted by Gasteiger charge is 2.44. The van der Waals surface area contributed by atoms with E-state index < -0.39 is 17.4 Å². The molecule has 1 saturated heterocycles. The van der Waals surface area contributed by atoms with Crippen molar-refractivity contribution in [3.05, 3.63) is 53.3 Å². The van der Waals surface area contributed by atoms with Gasteiger partial charge in [-0.2, -0.15) is 0 Å². The number of methoxy groups -OCH3 is 1. The molecule has 0 amide bonds. The van der Waals surface area contributed by atoms with Gasteiger partial charge in [-0.05, 0) is 42.8 Å². The molecule has 1 heterocycles. The molecule has 0 aromatic heterocycles. The lowest BCUT2D eigenvalue weighted by atomic mass is 9.90. The lowest BCUT2D eigenvalue weighted by Crippen LogP contribution is -2.53. The largest absolute Gasteiger partial charge is 0.508 e. The van der Waals surface area contributed by atoms with Crippen LogP contribution in [0.15, 0.2) is 36.4 Å². The van der Waals surface area contributed by atoms with Crippen LogP contribution in [0.4, 0.5) is 4.39 Å². The predicted molar refractivity (Wildman–Crippen MR) is 109 cm³/mol. The zero-order valence-electron chi connectivity index (χ0n) is 16.4. The van der Waals surface area contributed by atoms with Crippen LogP contribution in [0.2, 0.25) is 0 Å². The second kappa shape index (κ2) is 9.33. The Morgan fingerprint density at radius 2 is 1.86 bits per heavy atom. The number of hydrogen-bond donors (Lipinski definition) is 2. The van der Waals surface area contributed by atoms with E-state index in [1.165, 1.54) is 12.1 Å². The molecular formula is C21H25ClFNO5. The molecule has 0 unspecified atom stereocenters. The van der Waals surface area contributed by atoms with E-state index in [1.807, 2.05) is 0 Å². The molecule has 2 aromatic rings. The number of aliphatic carboxylic acids is 1. The van der Waals surface area contributed by atoms with Crippen molar-refractivity contribution in [1.29, 1.82) is 0 Å².